The zero-order chi connectivity index (χ0) is 15.5. The van der Waals surface area contributed by atoms with Gasteiger partial charge in [0.25, 0.3) is 0 Å². The predicted molar refractivity (Wildman–Crippen MR) is 82.9 cm³/mol. The van der Waals surface area contributed by atoms with Gasteiger partial charge in [-0.25, -0.2) is 13.1 Å². The molecule has 21 heavy (non-hydrogen) atoms. The van der Waals surface area contributed by atoms with Crippen LogP contribution in [0.3, 0.4) is 0 Å². The molecule has 5 nitrogen and oxygen atoms in total. The molecule has 0 spiro atoms. The van der Waals surface area contributed by atoms with Crippen LogP contribution >= 0.6 is 11.6 Å². The van der Waals surface area contributed by atoms with E-state index in [-0.39, 0.29) is 11.4 Å². The minimum Gasteiger partial charge on any atom is -0.496 e. The van der Waals surface area contributed by atoms with Crippen LogP contribution < -0.4 is 15.2 Å². The highest BCUT2D eigenvalue weighted by molar-refractivity contribution is 7.89. The van der Waals surface area contributed by atoms with Gasteiger partial charge in [0.15, 0.2) is 0 Å². The summed E-state index contributed by atoms with van der Waals surface area (Å²) >= 11 is 6.07. The lowest BCUT2D eigenvalue weighted by molar-refractivity contribution is 0.409. The Bertz CT molecular complexity index is 730. The van der Waals surface area contributed by atoms with E-state index in [1.807, 2.05) is 0 Å². The Hall–Kier alpha value is -1.76. The largest absolute Gasteiger partial charge is 0.496 e. The number of halogens is 1. The minimum atomic E-state index is -3.64. The molecule has 0 amide bonds. The summed E-state index contributed by atoms with van der Waals surface area (Å²) in [7, 11) is -2.13. The zero-order valence-corrected chi connectivity index (χ0v) is 12.9. The van der Waals surface area contributed by atoms with Gasteiger partial charge in [-0.2, -0.15) is 0 Å². The number of hydrogen-bond donors (Lipinski definition) is 2. The van der Waals surface area contributed by atoms with Gasteiger partial charge in [-0.15, -0.1) is 0 Å². The van der Waals surface area contributed by atoms with Crippen LogP contribution in [0.1, 0.15) is 5.56 Å². The van der Waals surface area contributed by atoms with Gasteiger partial charge in [-0.05, 0) is 36.4 Å². The number of hydrogen-bond acceptors (Lipinski definition) is 4. The molecule has 0 aromatic heterocycles. The van der Waals surface area contributed by atoms with Crippen LogP contribution in [0.2, 0.25) is 5.02 Å². The number of rotatable bonds is 5. The summed E-state index contributed by atoms with van der Waals surface area (Å²) in [5.41, 5.74) is 6.63. The predicted octanol–water partition coefficient (Wildman–Crippen LogP) is 2.41. The molecule has 0 radical (unpaired) electrons. The van der Waals surface area contributed by atoms with E-state index in [0.717, 1.165) is 0 Å². The second kappa shape index (κ2) is 6.34. The molecule has 0 aliphatic rings. The highest BCUT2D eigenvalue weighted by atomic mass is 35.5. The zero-order valence-electron chi connectivity index (χ0n) is 11.3. The smallest absolute Gasteiger partial charge is 0.240 e. The second-order valence-electron chi connectivity index (χ2n) is 4.31. The topological polar surface area (TPSA) is 81.4 Å². The Kier molecular flexibility index (Phi) is 4.72. The molecule has 0 bridgehead atoms. The minimum absolute atomic E-state index is 0.0373. The van der Waals surface area contributed by atoms with E-state index in [1.165, 1.54) is 31.4 Å². The normalized spacial score (nSPS) is 11.3. The molecule has 2 aromatic rings. The average molecular weight is 327 g/mol. The van der Waals surface area contributed by atoms with Gasteiger partial charge in [0.1, 0.15) is 5.75 Å². The van der Waals surface area contributed by atoms with Gasteiger partial charge in [0.2, 0.25) is 10.0 Å². The maximum Gasteiger partial charge on any atom is 0.240 e. The first-order chi connectivity index (χ1) is 9.94. The second-order valence-corrected chi connectivity index (χ2v) is 6.49. The van der Waals surface area contributed by atoms with Crippen molar-refractivity contribution in [1.82, 2.24) is 4.72 Å². The molecule has 0 aliphatic carbocycles. The summed E-state index contributed by atoms with van der Waals surface area (Å²) < 4.78 is 32.1. The van der Waals surface area contributed by atoms with E-state index >= 15 is 0 Å². The maximum absolute atomic E-state index is 12.2. The fourth-order valence-corrected chi connectivity index (χ4v) is 3.03. The molecule has 2 aromatic carbocycles. The van der Waals surface area contributed by atoms with Gasteiger partial charge in [0, 0.05) is 22.8 Å². The van der Waals surface area contributed by atoms with Crippen LogP contribution in [0.25, 0.3) is 0 Å². The van der Waals surface area contributed by atoms with Crippen LogP contribution in [0.4, 0.5) is 5.69 Å². The lowest BCUT2D eigenvalue weighted by Crippen LogP contribution is -2.23. The first kappa shape index (κ1) is 15.6. The molecule has 2 rings (SSSR count). The molecule has 7 heteroatoms. The summed E-state index contributed by atoms with van der Waals surface area (Å²) in [4.78, 5) is 0.141. The number of nitrogens with one attached hydrogen (secondary N) is 1. The molecule has 0 saturated carbocycles. The average Bonchev–Trinajstić information content (AvgIpc) is 2.46. The summed E-state index contributed by atoms with van der Waals surface area (Å²) in [6, 6.07) is 11.1. The van der Waals surface area contributed by atoms with Gasteiger partial charge in [-0.3, -0.25) is 0 Å². The van der Waals surface area contributed by atoms with Gasteiger partial charge < -0.3 is 10.5 Å². The van der Waals surface area contributed by atoms with Crippen molar-refractivity contribution in [2.45, 2.75) is 11.4 Å². The van der Waals surface area contributed by atoms with E-state index in [0.29, 0.717) is 22.0 Å². The summed E-state index contributed by atoms with van der Waals surface area (Å²) in [6.07, 6.45) is 0. The molecule has 0 unspecified atom stereocenters. The van der Waals surface area contributed by atoms with Crippen molar-refractivity contribution in [3.05, 3.63) is 53.1 Å². The van der Waals surface area contributed by atoms with Crippen LogP contribution in [0.5, 0.6) is 5.75 Å². The fourth-order valence-electron chi connectivity index (χ4n) is 1.80. The van der Waals surface area contributed by atoms with E-state index in [1.54, 1.807) is 18.2 Å². The van der Waals surface area contributed by atoms with E-state index in [2.05, 4.69) is 4.72 Å². The van der Waals surface area contributed by atoms with Crippen LogP contribution in [0.15, 0.2) is 47.4 Å². The number of methoxy groups -OCH3 is 1. The SMILES string of the molecule is COc1cccc(Cl)c1CNS(=O)(=O)c1ccc(N)cc1. The Morgan fingerprint density at radius 2 is 1.86 bits per heavy atom. The lowest BCUT2D eigenvalue weighted by Gasteiger charge is -2.12. The third kappa shape index (κ3) is 3.66. The van der Waals surface area contributed by atoms with Crippen molar-refractivity contribution < 1.29 is 13.2 Å². The monoisotopic (exact) mass is 326 g/mol. The molecule has 0 fully saturated rings. The quantitative estimate of drug-likeness (QED) is 0.827. The van der Waals surface area contributed by atoms with Gasteiger partial charge >= 0.3 is 0 Å². The lowest BCUT2D eigenvalue weighted by atomic mass is 10.2. The number of anilines is 1. The van der Waals surface area contributed by atoms with Gasteiger partial charge in [0.05, 0.1) is 12.0 Å². The molecule has 0 aliphatic heterocycles. The van der Waals surface area contributed by atoms with Crippen molar-refractivity contribution in [2.75, 3.05) is 12.8 Å². The highest BCUT2D eigenvalue weighted by Gasteiger charge is 2.16. The molecule has 0 heterocycles. The molecule has 112 valence electrons. The van der Waals surface area contributed by atoms with Crippen molar-refractivity contribution in [1.29, 1.82) is 0 Å². The van der Waals surface area contributed by atoms with Gasteiger partial charge in [-0.1, -0.05) is 17.7 Å². The third-order valence-electron chi connectivity index (χ3n) is 2.93. The Morgan fingerprint density at radius 1 is 1.19 bits per heavy atom. The van der Waals surface area contributed by atoms with Crippen molar-refractivity contribution >= 4 is 27.3 Å². The molecular formula is C14H15ClN2O3S. The summed E-state index contributed by atoms with van der Waals surface area (Å²) in [5.74, 6) is 0.530. The third-order valence-corrected chi connectivity index (χ3v) is 4.70. The first-order valence-electron chi connectivity index (χ1n) is 6.10. The van der Waals surface area contributed by atoms with Crippen LogP contribution in [0, 0.1) is 0 Å². The Labute approximate surface area is 128 Å². The number of nitrogens with two attached hydrogens (primary N) is 1. The highest BCUT2D eigenvalue weighted by Crippen LogP contribution is 2.26. The molecule has 0 atom stereocenters. The van der Waals surface area contributed by atoms with Crippen LogP contribution in [-0.4, -0.2) is 15.5 Å². The number of ether oxygens (including phenoxy) is 1. The summed E-state index contributed by atoms with van der Waals surface area (Å²) in [6.45, 7) is 0.0373. The van der Waals surface area contributed by atoms with Crippen LogP contribution in [-0.2, 0) is 16.6 Å². The number of benzene rings is 2. The Balaban J connectivity index is 2.21. The van der Waals surface area contributed by atoms with Crippen molar-refractivity contribution in [3.63, 3.8) is 0 Å². The standard InChI is InChI=1S/C14H15ClN2O3S/c1-20-14-4-2-3-13(15)12(14)9-17-21(18,19)11-7-5-10(16)6-8-11/h2-8,17H,9,16H2,1H3. The fraction of sp³-hybridized carbons (Fsp3) is 0.143. The summed E-state index contributed by atoms with van der Waals surface area (Å²) in [5, 5.41) is 0.439. The molecule has 0 saturated heterocycles. The molecular weight excluding hydrogens is 312 g/mol. The number of nitrogen functional groups attached to an aromatic ring is 1. The van der Waals surface area contributed by atoms with Crippen molar-refractivity contribution in [2.24, 2.45) is 0 Å². The Morgan fingerprint density at radius 3 is 2.48 bits per heavy atom. The molecule has 3 N–H and O–H groups in total. The van der Waals surface area contributed by atoms with E-state index in [9.17, 15) is 8.42 Å². The van der Waals surface area contributed by atoms with E-state index in [4.69, 9.17) is 22.1 Å². The number of sulfonamides is 1. The van der Waals surface area contributed by atoms with E-state index < -0.39 is 10.0 Å². The first-order valence-corrected chi connectivity index (χ1v) is 7.97. The van der Waals surface area contributed by atoms with Crippen molar-refractivity contribution in [3.8, 4) is 5.75 Å². The maximum atomic E-state index is 12.2.